The number of hydrogen-bond acceptors (Lipinski definition) is 5. The minimum atomic E-state index is -0.174. The summed E-state index contributed by atoms with van der Waals surface area (Å²) in [5, 5.41) is 0. The number of amides is 1. The van der Waals surface area contributed by atoms with Crippen molar-refractivity contribution in [3.8, 4) is 11.5 Å². The zero-order chi connectivity index (χ0) is 22.7. The molecule has 3 aromatic carbocycles. The number of halogens is 2. The third-order valence-corrected chi connectivity index (χ3v) is 7.40. The van der Waals surface area contributed by atoms with E-state index in [1.807, 2.05) is 66.7 Å². The van der Waals surface area contributed by atoms with Gasteiger partial charge < -0.3 is 9.47 Å². The van der Waals surface area contributed by atoms with E-state index in [0.717, 1.165) is 24.0 Å². The number of rotatable bonds is 6. The van der Waals surface area contributed by atoms with Crippen molar-refractivity contribution in [2.24, 2.45) is 0 Å². The first-order valence-corrected chi connectivity index (χ1v) is 12.9. The molecule has 0 aliphatic carbocycles. The maximum Gasteiger partial charge on any atom is 0.270 e. The molecule has 0 spiro atoms. The molecule has 0 N–H and O–H groups in total. The van der Waals surface area contributed by atoms with Gasteiger partial charge in [-0.2, -0.15) is 0 Å². The standard InChI is InChI=1S/C24H17I2NO3S2/c1-29-20-10-6-5-9-19(20)27-23(28)21(32-24(27)31)12-16-11-17(25)13-18(26)22(16)30-14-15-7-3-2-4-8-15/h2-13H,14H2,1H3/b21-12+. The topological polar surface area (TPSA) is 38.8 Å². The molecule has 1 heterocycles. The predicted octanol–water partition coefficient (Wildman–Crippen LogP) is 6.89. The smallest absolute Gasteiger partial charge is 0.270 e. The van der Waals surface area contributed by atoms with Crippen molar-refractivity contribution in [1.29, 1.82) is 0 Å². The maximum atomic E-state index is 13.3. The zero-order valence-electron chi connectivity index (χ0n) is 16.9. The molecule has 162 valence electrons. The maximum absolute atomic E-state index is 13.3. The second kappa shape index (κ2) is 10.5. The molecule has 0 unspecified atom stereocenters. The summed E-state index contributed by atoms with van der Waals surface area (Å²) in [6.45, 7) is 0.445. The lowest BCUT2D eigenvalue weighted by Gasteiger charge is -2.17. The van der Waals surface area contributed by atoms with Gasteiger partial charge in [0.2, 0.25) is 0 Å². The van der Waals surface area contributed by atoms with Gasteiger partial charge in [0.25, 0.3) is 5.91 Å². The van der Waals surface area contributed by atoms with Gasteiger partial charge >= 0.3 is 0 Å². The minimum Gasteiger partial charge on any atom is -0.495 e. The Balaban J connectivity index is 1.67. The Bertz CT molecular complexity index is 1220. The van der Waals surface area contributed by atoms with Crippen molar-refractivity contribution in [3.05, 3.63) is 89.9 Å². The number of nitrogens with zero attached hydrogens (tertiary/aromatic N) is 1. The normalized spacial score (nSPS) is 14.8. The highest BCUT2D eigenvalue weighted by molar-refractivity contribution is 14.1. The molecule has 4 nitrogen and oxygen atoms in total. The summed E-state index contributed by atoms with van der Waals surface area (Å²) in [7, 11) is 1.58. The number of hydrogen-bond donors (Lipinski definition) is 0. The van der Waals surface area contributed by atoms with Crippen LogP contribution < -0.4 is 14.4 Å². The Kier molecular flexibility index (Phi) is 7.74. The molecule has 32 heavy (non-hydrogen) atoms. The number of para-hydroxylation sites is 2. The Morgan fingerprint density at radius 3 is 2.53 bits per heavy atom. The summed E-state index contributed by atoms with van der Waals surface area (Å²) in [5.41, 5.74) is 2.56. The Hall–Kier alpha value is -1.63. The molecule has 8 heteroatoms. The number of ether oxygens (including phenoxy) is 2. The lowest BCUT2D eigenvalue weighted by molar-refractivity contribution is -0.113. The van der Waals surface area contributed by atoms with Crippen LogP contribution in [0.15, 0.2) is 71.6 Å². The van der Waals surface area contributed by atoms with E-state index in [4.69, 9.17) is 21.7 Å². The van der Waals surface area contributed by atoms with Crippen LogP contribution in [-0.2, 0) is 11.4 Å². The fraction of sp³-hybridized carbons (Fsp3) is 0.0833. The molecule has 0 saturated carbocycles. The van der Waals surface area contributed by atoms with Crippen LogP contribution in [0.3, 0.4) is 0 Å². The van der Waals surface area contributed by atoms with E-state index in [-0.39, 0.29) is 5.91 Å². The molecule has 0 atom stereocenters. The van der Waals surface area contributed by atoms with Crippen molar-refractivity contribution in [2.75, 3.05) is 12.0 Å². The molecule has 3 aromatic rings. The minimum absolute atomic E-state index is 0.174. The molecule has 1 amide bonds. The van der Waals surface area contributed by atoms with Gasteiger partial charge in [0.05, 0.1) is 21.3 Å². The molecule has 0 bridgehead atoms. The van der Waals surface area contributed by atoms with Crippen LogP contribution >= 0.6 is 69.2 Å². The highest BCUT2D eigenvalue weighted by atomic mass is 127. The van der Waals surface area contributed by atoms with Gasteiger partial charge in [0.15, 0.2) is 4.32 Å². The van der Waals surface area contributed by atoms with E-state index in [2.05, 4.69) is 51.2 Å². The van der Waals surface area contributed by atoms with Crippen LogP contribution in [-0.4, -0.2) is 17.3 Å². The Morgan fingerprint density at radius 1 is 1.06 bits per heavy atom. The monoisotopic (exact) mass is 685 g/mol. The van der Waals surface area contributed by atoms with E-state index in [0.29, 0.717) is 27.3 Å². The van der Waals surface area contributed by atoms with Gasteiger partial charge in [-0.25, -0.2) is 0 Å². The second-order valence-corrected chi connectivity index (χ2v) is 10.9. The number of anilines is 1. The summed E-state index contributed by atoms with van der Waals surface area (Å²) < 4.78 is 14.1. The highest BCUT2D eigenvalue weighted by Crippen LogP contribution is 2.41. The summed E-state index contributed by atoms with van der Waals surface area (Å²) in [5.74, 6) is 1.17. The van der Waals surface area contributed by atoms with Crippen LogP contribution in [0.5, 0.6) is 11.5 Å². The van der Waals surface area contributed by atoms with E-state index in [9.17, 15) is 4.79 Å². The third kappa shape index (κ3) is 5.13. The summed E-state index contributed by atoms with van der Waals surface area (Å²) in [4.78, 5) is 15.4. The number of thioether (sulfide) groups is 1. The molecule has 0 aromatic heterocycles. The number of thiocarbonyl (C=S) groups is 1. The first kappa shape index (κ1) is 23.5. The number of methoxy groups -OCH3 is 1. The Morgan fingerprint density at radius 2 is 1.78 bits per heavy atom. The first-order chi connectivity index (χ1) is 15.5. The predicted molar refractivity (Wildman–Crippen MR) is 151 cm³/mol. The molecule has 1 aliphatic rings. The van der Waals surface area contributed by atoms with Crippen LogP contribution in [0.25, 0.3) is 6.08 Å². The fourth-order valence-corrected chi connectivity index (χ4v) is 6.52. The Labute approximate surface area is 223 Å². The lowest BCUT2D eigenvalue weighted by atomic mass is 10.1. The molecule has 0 radical (unpaired) electrons. The average molecular weight is 685 g/mol. The summed E-state index contributed by atoms with van der Waals surface area (Å²) in [6, 6.07) is 21.4. The van der Waals surface area contributed by atoms with Crippen molar-refractivity contribution < 1.29 is 14.3 Å². The van der Waals surface area contributed by atoms with Crippen LogP contribution in [0.4, 0.5) is 5.69 Å². The molecular weight excluding hydrogens is 668 g/mol. The van der Waals surface area contributed by atoms with E-state index < -0.39 is 0 Å². The van der Waals surface area contributed by atoms with Crippen molar-refractivity contribution in [3.63, 3.8) is 0 Å². The zero-order valence-corrected chi connectivity index (χ0v) is 22.8. The van der Waals surface area contributed by atoms with E-state index in [1.165, 1.54) is 16.7 Å². The summed E-state index contributed by atoms with van der Waals surface area (Å²) in [6.07, 6.45) is 1.86. The number of carbonyl (C=O) groups is 1. The van der Waals surface area contributed by atoms with Gasteiger partial charge in [-0.15, -0.1) is 0 Å². The van der Waals surface area contributed by atoms with Crippen molar-refractivity contribution >= 4 is 91.2 Å². The third-order valence-electron chi connectivity index (χ3n) is 4.67. The van der Waals surface area contributed by atoms with Gasteiger partial charge in [0.1, 0.15) is 18.1 Å². The van der Waals surface area contributed by atoms with Gasteiger partial charge in [-0.1, -0.05) is 66.4 Å². The van der Waals surface area contributed by atoms with Crippen molar-refractivity contribution in [1.82, 2.24) is 0 Å². The lowest BCUT2D eigenvalue weighted by Crippen LogP contribution is -2.27. The van der Waals surface area contributed by atoms with Gasteiger partial charge in [0, 0.05) is 9.13 Å². The van der Waals surface area contributed by atoms with Crippen molar-refractivity contribution in [2.45, 2.75) is 6.61 Å². The number of carbonyl (C=O) groups excluding carboxylic acids is 1. The van der Waals surface area contributed by atoms with Crippen LogP contribution in [0.1, 0.15) is 11.1 Å². The van der Waals surface area contributed by atoms with E-state index in [1.54, 1.807) is 7.11 Å². The van der Waals surface area contributed by atoms with Crippen LogP contribution in [0, 0.1) is 7.14 Å². The van der Waals surface area contributed by atoms with Gasteiger partial charge in [-0.3, -0.25) is 9.69 Å². The van der Waals surface area contributed by atoms with Crippen LogP contribution in [0.2, 0.25) is 0 Å². The quantitative estimate of drug-likeness (QED) is 0.161. The molecule has 1 saturated heterocycles. The molecular formula is C24H17I2NO3S2. The second-order valence-electron chi connectivity index (χ2n) is 6.77. The number of benzene rings is 3. The average Bonchev–Trinajstić information content (AvgIpc) is 3.06. The van der Waals surface area contributed by atoms with E-state index >= 15 is 0 Å². The molecule has 4 rings (SSSR count). The fourth-order valence-electron chi connectivity index (χ4n) is 3.20. The highest BCUT2D eigenvalue weighted by Gasteiger charge is 2.35. The SMILES string of the molecule is COc1ccccc1N1C(=O)/C(=C\c2cc(I)cc(I)c2OCc2ccccc2)SC1=S. The molecule has 1 fully saturated rings. The largest absolute Gasteiger partial charge is 0.495 e. The first-order valence-electron chi connectivity index (χ1n) is 9.54. The molecule has 1 aliphatic heterocycles. The summed E-state index contributed by atoms with van der Waals surface area (Å²) >= 11 is 11.4. The van der Waals surface area contributed by atoms with Gasteiger partial charge in [-0.05, 0) is 81.1 Å².